The lowest BCUT2D eigenvalue weighted by atomic mass is 9.84. The summed E-state index contributed by atoms with van der Waals surface area (Å²) in [5.74, 6) is 1.50. The average molecular weight is 837 g/mol. The lowest BCUT2D eigenvalue weighted by molar-refractivity contribution is -0.144. The SMILES string of the molecule is O=C(O)[C@H](c1ccccc1)N1CC[C@@H](CCCCCc2ccc3c(n2)NC(C2CNc4nc(CCc5cnn([C@@H]6CCN([C@@H](C(=O)O)c7ccccc7)C6)c5)ccc4C2)CC3)C1. The van der Waals surface area contributed by atoms with E-state index in [1.807, 2.05) is 71.5 Å². The lowest BCUT2D eigenvalue weighted by Crippen LogP contribution is -2.40. The van der Waals surface area contributed by atoms with E-state index in [2.05, 4.69) is 50.9 Å². The molecule has 324 valence electrons. The minimum Gasteiger partial charge on any atom is -0.480 e. The van der Waals surface area contributed by atoms with Gasteiger partial charge in [0, 0.05) is 55.7 Å². The zero-order valence-electron chi connectivity index (χ0n) is 35.6. The number of carboxylic acids is 2. The van der Waals surface area contributed by atoms with Crippen molar-refractivity contribution in [1.29, 1.82) is 0 Å². The topological polar surface area (TPSA) is 149 Å². The van der Waals surface area contributed by atoms with Crippen molar-refractivity contribution in [3.63, 3.8) is 0 Å². The third-order valence-corrected chi connectivity index (χ3v) is 13.9. The number of fused-ring (bicyclic) bond motifs is 2. The second-order valence-electron chi connectivity index (χ2n) is 18.1. The van der Waals surface area contributed by atoms with E-state index in [4.69, 9.17) is 15.1 Å². The minimum atomic E-state index is -0.814. The van der Waals surface area contributed by atoms with Gasteiger partial charge in [-0.25, -0.2) is 9.97 Å². The van der Waals surface area contributed by atoms with Crippen LogP contribution in [0.15, 0.2) is 97.3 Å². The number of nitrogens with one attached hydrogen (secondary N) is 2. The summed E-state index contributed by atoms with van der Waals surface area (Å²) >= 11 is 0. The summed E-state index contributed by atoms with van der Waals surface area (Å²) in [7, 11) is 0. The highest BCUT2D eigenvalue weighted by atomic mass is 16.4. The molecule has 2 aromatic carbocycles. The third kappa shape index (κ3) is 9.71. The van der Waals surface area contributed by atoms with E-state index in [0.29, 0.717) is 24.4 Å². The van der Waals surface area contributed by atoms with Crippen LogP contribution in [0.2, 0.25) is 0 Å². The fourth-order valence-electron chi connectivity index (χ4n) is 10.5. The van der Waals surface area contributed by atoms with Crippen LogP contribution in [0.4, 0.5) is 11.6 Å². The van der Waals surface area contributed by atoms with Crippen LogP contribution in [0, 0.1) is 11.8 Å². The first kappa shape index (κ1) is 41.7. The second kappa shape index (κ2) is 19.2. The van der Waals surface area contributed by atoms with E-state index in [0.717, 1.165) is 131 Å². The number of pyridine rings is 2. The second-order valence-corrected chi connectivity index (χ2v) is 18.1. The molecule has 4 aliphatic heterocycles. The fraction of sp³-hybridized carbons (Fsp3) is 0.460. The zero-order chi connectivity index (χ0) is 42.4. The van der Waals surface area contributed by atoms with Gasteiger partial charge in [0.2, 0.25) is 0 Å². The maximum atomic E-state index is 12.2. The van der Waals surface area contributed by atoms with E-state index in [9.17, 15) is 19.8 Å². The Balaban J connectivity index is 0.709. The molecular weight excluding hydrogens is 777 g/mol. The monoisotopic (exact) mass is 836 g/mol. The number of unbranched alkanes of at least 4 members (excludes halogenated alkanes) is 2. The van der Waals surface area contributed by atoms with Crippen LogP contribution in [-0.4, -0.2) is 90.5 Å². The first-order chi connectivity index (χ1) is 30.3. The zero-order valence-corrected chi connectivity index (χ0v) is 35.6. The van der Waals surface area contributed by atoms with Crippen LogP contribution >= 0.6 is 0 Å². The normalized spacial score (nSPS) is 22.3. The smallest absolute Gasteiger partial charge is 0.325 e. The van der Waals surface area contributed by atoms with Gasteiger partial charge in [-0.05, 0) is 117 Å². The molecule has 3 aromatic heterocycles. The van der Waals surface area contributed by atoms with Gasteiger partial charge in [0.05, 0.1) is 12.2 Å². The molecule has 0 bridgehead atoms. The molecule has 0 saturated carbocycles. The van der Waals surface area contributed by atoms with Crippen molar-refractivity contribution in [1.82, 2.24) is 29.5 Å². The number of likely N-dealkylation sites (tertiary alicyclic amines) is 2. The van der Waals surface area contributed by atoms with Crippen molar-refractivity contribution in [2.24, 2.45) is 11.8 Å². The Morgan fingerprint density at radius 2 is 1.39 bits per heavy atom. The number of nitrogens with zero attached hydrogens (tertiary/aromatic N) is 6. The van der Waals surface area contributed by atoms with Crippen LogP contribution in [0.25, 0.3) is 0 Å². The number of hydrogen-bond acceptors (Lipinski definition) is 9. The van der Waals surface area contributed by atoms with Crippen LogP contribution in [0.3, 0.4) is 0 Å². The molecule has 0 aliphatic carbocycles. The van der Waals surface area contributed by atoms with Crippen molar-refractivity contribution in [3.05, 3.63) is 137 Å². The van der Waals surface area contributed by atoms with Crippen LogP contribution < -0.4 is 10.6 Å². The largest absolute Gasteiger partial charge is 0.480 e. The molecule has 2 fully saturated rings. The number of anilines is 2. The molecule has 62 heavy (non-hydrogen) atoms. The van der Waals surface area contributed by atoms with Gasteiger partial charge in [0.15, 0.2) is 0 Å². The van der Waals surface area contributed by atoms with E-state index < -0.39 is 24.0 Å². The van der Waals surface area contributed by atoms with E-state index in [-0.39, 0.29) is 6.04 Å². The van der Waals surface area contributed by atoms with E-state index in [1.165, 1.54) is 23.1 Å². The maximum Gasteiger partial charge on any atom is 0.325 e. The van der Waals surface area contributed by atoms with Gasteiger partial charge >= 0.3 is 11.9 Å². The Bertz CT molecular complexity index is 2300. The summed E-state index contributed by atoms with van der Waals surface area (Å²) in [5.41, 5.74) is 7.66. The molecule has 4 N–H and O–H groups in total. The number of carboxylic acid groups (broad SMARTS) is 2. The highest BCUT2D eigenvalue weighted by molar-refractivity contribution is 5.76. The number of rotatable bonds is 17. The molecule has 0 spiro atoms. The number of aryl methyl sites for hydroxylation is 4. The molecule has 12 heteroatoms. The average Bonchev–Trinajstić information content (AvgIpc) is 4.08. The molecule has 7 heterocycles. The van der Waals surface area contributed by atoms with Crippen molar-refractivity contribution < 1.29 is 19.8 Å². The summed E-state index contributed by atoms with van der Waals surface area (Å²) < 4.78 is 2.02. The number of aromatic nitrogens is 4. The molecular formula is C50H60N8O4. The highest BCUT2D eigenvalue weighted by Gasteiger charge is 2.36. The molecule has 0 amide bonds. The van der Waals surface area contributed by atoms with Crippen molar-refractivity contribution in [3.8, 4) is 0 Å². The number of benzene rings is 2. The predicted octanol–water partition coefficient (Wildman–Crippen LogP) is 7.79. The van der Waals surface area contributed by atoms with E-state index in [1.54, 1.807) is 0 Å². The minimum absolute atomic E-state index is 0.151. The first-order valence-electron chi connectivity index (χ1n) is 22.9. The third-order valence-electron chi connectivity index (χ3n) is 13.9. The van der Waals surface area contributed by atoms with Gasteiger partial charge in [0.1, 0.15) is 23.7 Å². The Hall–Kier alpha value is -5.59. The summed E-state index contributed by atoms with van der Waals surface area (Å²) in [6.45, 7) is 3.97. The molecule has 2 unspecified atom stereocenters. The first-order valence-corrected chi connectivity index (χ1v) is 22.9. The number of aliphatic carboxylic acids is 2. The van der Waals surface area contributed by atoms with Crippen molar-refractivity contribution >= 4 is 23.6 Å². The summed E-state index contributed by atoms with van der Waals surface area (Å²) in [6, 6.07) is 27.4. The quantitative estimate of drug-likeness (QED) is 0.0681. The lowest BCUT2D eigenvalue weighted by Gasteiger charge is -2.36. The van der Waals surface area contributed by atoms with Gasteiger partial charge in [-0.1, -0.05) is 85.6 Å². The van der Waals surface area contributed by atoms with Crippen molar-refractivity contribution in [2.75, 3.05) is 43.4 Å². The Morgan fingerprint density at radius 1 is 0.710 bits per heavy atom. The Kier molecular flexibility index (Phi) is 12.9. The van der Waals surface area contributed by atoms with Gasteiger partial charge in [-0.2, -0.15) is 5.10 Å². The fourth-order valence-corrected chi connectivity index (χ4v) is 10.5. The summed E-state index contributed by atoms with van der Waals surface area (Å²) in [6.07, 6.45) is 16.4. The van der Waals surface area contributed by atoms with Crippen molar-refractivity contribution in [2.45, 2.75) is 101 Å². The highest BCUT2D eigenvalue weighted by Crippen LogP contribution is 2.34. The standard InChI is InChI=1S/C50H60N8O4/c59-49(60)45(36-11-5-2-6-12-36)56-26-24-34(31-56)10-4-1-9-15-41-21-17-38-19-23-44(55-48(38)54-41)40-28-39-18-22-42(53-47(39)51-30-40)20-16-35-29-52-58(32-35)43-25-27-57(33-43)46(50(61)62)37-13-7-3-8-14-37/h2-3,5-8,11-14,17-18,21-22,29,32,34,40,43-46H,1,4,9-10,15-16,19-20,23-28,30-31,33H2,(H,51,53)(H,54,55)(H,59,60)(H,61,62)/t34-,40?,43-,44?,45+,46-/m1/s1. The maximum absolute atomic E-state index is 12.2. The van der Waals surface area contributed by atoms with Gasteiger partial charge in [0.25, 0.3) is 0 Å². The molecule has 0 radical (unpaired) electrons. The summed E-state index contributed by atoms with van der Waals surface area (Å²) in [4.78, 5) is 38.7. The Labute approximate surface area is 364 Å². The van der Waals surface area contributed by atoms with Crippen LogP contribution in [-0.2, 0) is 41.7 Å². The van der Waals surface area contributed by atoms with Crippen LogP contribution in [0.1, 0.15) is 102 Å². The van der Waals surface area contributed by atoms with Gasteiger partial charge < -0.3 is 20.8 Å². The molecule has 4 aliphatic rings. The molecule has 12 nitrogen and oxygen atoms in total. The van der Waals surface area contributed by atoms with Crippen LogP contribution in [0.5, 0.6) is 0 Å². The van der Waals surface area contributed by atoms with Gasteiger partial charge in [-0.3, -0.25) is 24.1 Å². The molecule has 5 aromatic rings. The number of carbonyl (C=O) groups is 2. The molecule has 2 saturated heterocycles. The number of hydrogen-bond donors (Lipinski definition) is 4. The van der Waals surface area contributed by atoms with E-state index >= 15 is 0 Å². The van der Waals surface area contributed by atoms with Gasteiger partial charge in [-0.15, -0.1) is 0 Å². The Morgan fingerprint density at radius 3 is 2.13 bits per heavy atom. The predicted molar refractivity (Wildman–Crippen MR) is 240 cm³/mol. The molecule has 6 atom stereocenters. The molecule has 9 rings (SSSR count). The summed E-state index contributed by atoms with van der Waals surface area (Å²) in [5, 5.41) is 32.2.